The van der Waals surface area contributed by atoms with E-state index in [0.29, 0.717) is 53.9 Å². The summed E-state index contributed by atoms with van der Waals surface area (Å²) in [7, 11) is 1.71. The fourth-order valence-electron chi connectivity index (χ4n) is 5.42. The second kappa shape index (κ2) is 12.5. The van der Waals surface area contributed by atoms with E-state index in [2.05, 4.69) is 20.3 Å². The van der Waals surface area contributed by atoms with Crippen LogP contribution in [0.15, 0.2) is 48.8 Å². The first-order valence-electron chi connectivity index (χ1n) is 13.6. The number of rotatable bonds is 9. The Morgan fingerprint density at radius 2 is 1.88 bits per heavy atom. The Balaban J connectivity index is 1.32. The highest BCUT2D eigenvalue weighted by Crippen LogP contribution is 2.34. The summed E-state index contributed by atoms with van der Waals surface area (Å²) in [6, 6.07) is 6.79. The molecule has 228 valence electrons. The zero-order valence-corrected chi connectivity index (χ0v) is 23.2. The maximum absolute atomic E-state index is 15.2. The van der Waals surface area contributed by atoms with Crippen molar-refractivity contribution in [3.05, 3.63) is 71.7 Å². The van der Waals surface area contributed by atoms with Gasteiger partial charge in [0.2, 0.25) is 0 Å². The van der Waals surface area contributed by atoms with Crippen LogP contribution in [0.25, 0.3) is 16.6 Å². The molecule has 1 fully saturated rings. The van der Waals surface area contributed by atoms with Gasteiger partial charge in [-0.05, 0) is 80.7 Å². The molecule has 9 nitrogen and oxygen atoms in total. The molecule has 43 heavy (non-hydrogen) atoms. The Morgan fingerprint density at radius 3 is 2.63 bits per heavy atom. The second-order valence-electron chi connectivity index (χ2n) is 10.3. The van der Waals surface area contributed by atoms with Gasteiger partial charge < -0.3 is 21.1 Å². The summed E-state index contributed by atoms with van der Waals surface area (Å²) in [6.07, 6.45) is 0.397. The van der Waals surface area contributed by atoms with Gasteiger partial charge in [0.25, 0.3) is 0 Å². The van der Waals surface area contributed by atoms with Gasteiger partial charge in [0, 0.05) is 24.4 Å². The SMILES string of the molecule is COC[C@@H]1CCCN1CCCc1cc(-c2ccc(NC(=O)Nc3cc(C(F)(F)F)ccc3F)c(F)c2)c2c(N)ncnn12. The fraction of sp³-hybridized carbons (Fsp3) is 0.345. The number of anilines is 3. The van der Waals surface area contributed by atoms with Crippen molar-refractivity contribution < 1.29 is 31.5 Å². The van der Waals surface area contributed by atoms with Crippen LogP contribution in [0.1, 0.15) is 30.5 Å². The van der Waals surface area contributed by atoms with E-state index >= 15 is 4.39 Å². The zero-order valence-electron chi connectivity index (χ0n) is 23.2. The molecule has 3 heterocycles. The third-order valence-electron chi connectivity index (χ3n) is 7.46. The Labute approximate surface area is 243 Å². The number of aromatic nitrogens is 3. The summed E-state index contributed by atoms with van der Waals surface area (Å²) in [6.45, 7) is 2.61. The van der Waals surface area contributed by atoms with E-state index in [0.717, 1.165) is 38.0 Å². The highest BCUT2D eigenvalue weighted by Gasteiger charge is 2.31. The lowest BCUT2D eigenvalue weighted by molar-refractivity contribution is -0.137. The molecule has 0 spiro atoms. The lowest BCUT2D eigenvalue weighted by Crippen LogP contribution is -2.33. The molecule has 0 aliphatic carbocycles. The Bertz CT molecular complexity index is 1630. The van der Waals surface area contributed by atoms with Crippen molar-refractivity contribution in [2.24, 2.45) is 0 Å². The van der Waals surface area contributed by atoms with Crippen molar-refractivity contribution in [1.82, 2.24) is 19.5 Å². The van der Waals surface area contributed by atoms with Crippen molar-refractivity contribution in [2.45, 2.75) is 37.9 Å². The third kappa shape index (κ3) is 6.70. The van der Waals surface area contributed by atoms with Gasteiger partial charge in [-0.15, -0.1) is 0 Å². The first kappa shape index (κ1) is 30.2. The minimum Gasteiger partial charge on any atom is -0.383 e. The van der Waals surface area contributed by atoms with E-state index in [1.165, 1.54) is 18.5 Å². The zero-order chi connectivity index (χ0) is 30.7. The standard InChI is InChI=1S/C29H30F5N7O2/c1-43-15-20-5-3-11-40(20)10-2-4-19-14-21(26-27(35)36-16-37-41(19)26)17-6-9-24(23(31)12-17)38-28(42)39-25-13-18(29(32,33)34)7-8-22(25)30/h6-9,12-14,16,20H,2-5,10-11,15H2,1H3,(H2,35,36,37)(H2,38,39,42)/t20-/m0/s1. The lowest BCUT2D eigenvalue weighted by Gasteiger charge is -2.23. The number of alkyl halides is 3. The maximum Gasteiger partial charge on any atom is 0.416 e. The molecule has 1 aliphatic rings. The van der Waals surface area contributed by atoms with Crippen molar-refractivity contribution in [3.63, 3.8) is 0 Å². The smallest absolute Gasteiger partial charge is 0.383 e. The first-order chi connectivity index (χ1) is 20.5. The number of nitrogen functional groups attached to an aromatic ring is 1. The predicted octanol–water partition coefficient (Wildman–Crippen LogP) is 5.96. The summed E-state index contributed by atoms with van der Waals surface area (Å²) >= 11 is 0. The molecule has 2 aromatic heterocycles. The molecular formula is C29H30F5N7O2. The van der Waals surface area contributed by atoms with Gasteiger partial charge in [-0.2, -0.15) is 18.3 Å². The summed E-state index contributed by atoms with van der Waals surface area (Å²) in [5.41, 5.74) is 6.48. The number of ether oxygens (including phenoxy) is 1. The average Bonchev–Trinajstić information content (AvgIpc) is 3.56. The van der Waals surface area contributed by atoms with Gasteiger partial charge in [0.05, 0.1) is 23.5 Å². The molecule has 0 saturated carbocycles. The number of halogens is 5. The van der Waals surface area contributed by atoms with Crippen molar-refractivity contribution in [3.8, 4) is 11.1 Å². The molecule has 1 atom stereocenters. The van der Waals surface area contributed by atoms with Gasteiger partial charge in [0.1, 0.15) is 23.5 Å². The number of carbonyl (C=O) groups excluding carboxylic acids is 1. The van der Waals surface area contributed by atoms with Crippen LogP contribution in [0.5, 0.6) is 0 Å². The molecule has 0 radical (unpaired) electrons. The van der Waals surface area contributed by atoms with Gasteiger partial charge in [-0.25, -0.2) is 23.1 Å². The number of likely N-dealkylation sites (tertiary alicyclic amines) is 1. The topological polar surface area (TPSA) is 110 Å². The predicted molar refractivity (Wildman–Crippen MR) is 152 cm³/mol. The number of nitrogens with two attached hydrogens (primary N) is 1. The molecule has 5 rings (SSSR count). The van der Waals surface area contributed by atoms with E-state index in [4.69, 9.17) is 10.5 Å². The van der Waals surface area contributed by atoms with Crippen LogP contribution in [-0.4, -0.2) is 58.4 Å². The van der Waals surface area contributed by atoms with E-state index in [1.54, 1.807) is 17.7 Å². The second-order valence-corrected chi connectivity index (χ2v) is 10.3. The van der Waals surface area contributed by atoms with Crippen LogP contribution in [-0.2, 0) is 17.3 Å². The van der Waals surface area contributed by atoms with Crippen LogP contribution in [0, 0.1) is 11.6 Å². The van der Waals surface area contributed by atoms with E-state index in [-0.39, 0.29) is 11.5 Å². The number of methoxy groups -OCH3 is 1. The monoisotopic (exact) mass is 603 g/mol. The molecule has 0 unspecified atom stereocenters. The van der Waals surface area contributed by atoms with E-state index in [9.17, 15) is 22.4 Å². The van der Waals surface area contributed by atoms with Gasteiger partial charge in [0.15, 0.2) is 5.82 Å². The highest BCUT2D eigenvalue weighted by atomic mass is 19.4. The fourth-order valence-corrected chi connectivity index (χ4v) is 5.42. The first-order valence-corrected chi connectivity index (χ1v) is 13.6. The van der Waals surface area contributed by atoms with Gasteiger partial charge in [-0.3, -0.25) is 4.90 Å². The number of nitrogens with one attached hydrogen (secondary N) is 2. The van der Waals surface area contributed by atoms with Crippen LogP contribution >= 0.6 is 0 Å². The molecule has 14 heteroatoms. The number of urea groups is 1. The average molecular weight is 604 g/mol. The van der Waals surface area contributed by atoms with Crippen LogP contribution in [0.4, 0.5) is 43.9 Å². The molecule has 0 bridgehead atoms. The van der Waals surface area contributed by atoms with E-state index < -0.39 is 35.1 Å². The number of amides is 2. The number of nitrogens with zero attached hydrogens (tertiary/aromatic N) is 4. The van der Waals surface area contributed by atoms with Crippen LogP contribution in [0.2, 0.25) is 0 Å². The van der Waals surface area contributed by atoms with Gasteiger partial charge in [-0.1, -0.05) is 6.07 Å². The summed E-state index contributed by atoms with van der Waals surface area (Å²) in [4.78, 5) is 18.9. The van der Waals surface area contributed by atoms with Crippen LogP contribution < -0.4 is 16.4 Å². The molecule has 2 aromatic carbocycles. The normalized spacial score (nSPS) is 15.7. The lowest BCUT2D eigenvalue weighted by atomic mass is 10.1. The quantitative estimate of drug-likeness (QED) is 0.204. The van der Waals surface area contributed by atoms with Crippen molar-refractivity contribution >= 4 is 28.7 Å². The number of benzene rings is 2. The summed E-state index contributed by atoms with van der Waals surface area (Å²) in [5.74, 6) is -1.70. The van der Waals surface area contributed by atoms with Crippen molar-refractivity contribution in [1.29, 1.82) is 0 Å². The van der Waals surface area contributed by atoms with Crippen molar-refractivity contribution in [2.75, 3.05) is 43.2 Å². The van der Waals surface area contributed by atoms with E-state index in [1.807, 2.05) is 11.4 Å². The Morgan fingerprint density at radius 1 is 1.09 bits per heavy atom. The minimum absolute atomic E-state index is 0.209. The number of hydrogen-bond donors (Lipinski definition) is 3. The largest absolute Gasteiger partial charge is 0.416 e. The molecular weight excluding hydrogens is 573 g/mol. The highest BCUT2D eigenvalue weighted by molar-refractivity contribution is 6.00. The summed E-state index contributed by atoms with van der Waals surface area (Å²) < 4.78 is 75.2. The molecule has 1 aliphatic heterocycles. The Hall–Kier alpha value is -4.30. The number of fused-ring (bicyclic) bond motifs is 1. The molecule has 2 amide bonds. The molecule has 1 saturated heterocycles. The summed E-state index contributed by atoms with van der Waals surface area (Å²) in [5, 5.41) is 8.56. The number of aryl methyl sites for hydroxylation is 1. The third-order valence-corrected chi connectivity index (χ3v) is 7.46. The number of hydrogen-bond acceptors (Lipinski definition) is 6. The van der Waals surface area contributed by atoms with Crippen LogP contribution in [0.3, 0.4) is 0 Å². The number of carbonyl (C=O) groups is 1. The Kier molecular flexibility index (Phi) is 8.78. The maximum atomic E-state index is 15.2. The minimum atomic E-state index is -4.74. The molecule has 4 N–H and O–H groups in total. The molecule has 4 aromatic rings. The van der Waals surface area contributed by atoms with Gasteiger partial charge >= 0.3 is 12.2 Å².